The van der Waals surface area contributed by atoms with Crippen LogP contribution in [-0.2, 0) is 14.8 Å². The smallest absolute Gasteiger partial charge is 0.236 e. The molecule has 0 aliphatic rings. The van der Waals surface area contributed by atoms with Crippen LogP contribution in [0.1, 0.15) is 11.1 Å². The van der Waals surface area contributed by atoms with Gasteiger partial charge in [0.15, 0.2) is 0 Å². The highest BCUT2D eigenvalue weighted by Crippen LogP contribution is 2.33. The molecule has 1 aromatic carbocycles. The van der Waals surface area contributed by atoms with E-state index in [4.69, 9.17) is 15.4 Å². The summed E-state index contributed by atoms with van der Waals surface area (Å²) in [6.07, 6.45) is 0. The van der Waals surface area contributed by atoms with Gasteiger partial charge >= 0.3 is 0 Å². The Hall–Kier alpha value is -0.260. The van der Waals surface area contributed by atoms with Crippen LogP contribution in [-0.4, -0.2) is 15.5 Å². The quantitative estimate of drug-likeness (QED) is 0.806. The molecule has 0 radical (unpaired) electrons. The van der Waals surface area contributed by atoms with Gasteiger partial charge < -0.3 is 4.74 Å². The molecule has 0 amide bonds. The first-order valence-electron chi connectivity index (χ1n) is 4.09. The van der Waals surface area contributed by atoms with Gasteiger partial charge in [-0.05, 0) is 28.4 Å². The molecule has 15 heavy (non-hydrogen) atoms. The summed E-state index contributed by atoms with van der Waals surface area (Å²) in [6, 6.07) is 3.50. The zero-order valence-electron chi connectivity index (χ0n) is 8.25. The van der Waals surface area contributed by atoms with Crippen LogP contribution in [0.2, 0.25) is 0 Å². The number of hydrogen-bond donors (Lipinski definition) is 0. The Bertz CT molecular complexity index is 470. The van der Waals surface area contributed by atoms with Crippen molar-refractivity contribution in [2.24, 2.45) is 0 Å². The maximum atomic E-state index is 11.0. The average Bonchev–Trinajstić information content (AvgIpc) is 2.10. The highest BCUT2D eigenvalue weighted by Gasteiger charge is 2.15. The predicted molar refractivity (Wildman–Crippen MR) is 63.9 cm³/mol. The minimum absolute atomic E-state index is 0.239. The molecule has 0 saturated heterocycles. The Morgan fingerprint density at radius 1 is 1.47 bits per heavy atom. The van der Waals surface area contributed by atoms with Gasteiger partial charge in [0, 0.05) is 16.2 Å². The predicted octanol–water partition coefficient (Wildman–Crippen LogP) is 2.83. The summed E-state index contributed by atoms with van der Waals surface area (Å²) >= 11 is 3.34. The standard InChI is InChI=1S/C9H10BrClO3S/c1-6-3-4-7(5-15(11,12)13)9(14-2)8(6)10/h3-4H,5H2,1-2H3. The zero-order chi connectivity index (χ0) is 11.6. The second-order valence-corrected chi connectivity index (χ2v) is 6.64. The topological polar surface area (TPSA) is 43.4 Å². The lowest BCUT2D eigenvalue weighted by Gasteiger charge is -2.10. The minimum atomic E-state index is -3.57. The van der Waals surface area contributed by atoms with Gasteiger partial charge in [-0.15, -0.1) is 0 Å². The first-order valence-corrected chi connectivity index (χ1v) is 7.36. The SMILES string of the molecule is COc1c(CS(=O)(=O)Cl)ccc(C)c1Br. The second-order valence-electron chi connectivity index (χ2n) is 3.07. The molecular weight excluding hydrogens is 304 g/mol. The molecule has 0 unspecified atom stereocenters. The summed E-state index contributed by atoms with van der Waals surface area (Å²) in [7, 11) is 3.11. The van der Waals surface area contributed by atoms with E-state index in [2.05, 4.69) is 15.9 Å². The number of halogens is 2. The lowest BCUT2D eigenvalue weighted by molar-refractivity contribution is 0.408. The molecule has 0 spiro atoms. The highest BCUT2D eigenvalue weighted by atomic mass is 79.9. The van der Waals surface area contributed by atoms with E-state index in [0.717, 1.165) is 10.0 Å². The van der Waals surface area contributed by atoms with Gasteiger partial charge in [0.1, 0.15) is 5.75 Å². The zero-order valence-corrected chi connectivity index (χ0v) is 11.4. The molecule has 0 saturated carbocycles. The molecule has 0 atom stereocenters. The maximum Gasteiger partial charge on any atom is 0.236 e. The minimum Gasteiger partial charge on any atom is -0.495 e. The van der Waals surface area contributed by atoms with Crippen molar-refractivity contribution in [1.29, 1.82) is 0 Å². The number of hydrogen-bond acceptors (Lipinski definition) is 3. The molecule has 0 heterocycles. The van der Waals surface area contributed by atoms with Crippen LogP contribution < -0.4 is 4.74 Å². The molecule has 0 N–H and O–H groups in total. The lowest BCUT2D eigenvalue weighted by atomic mass is 10.1. The van der Waals surface area contributed by atoms with Crippen molar-refractivity contribution in [2.45, 2.75) is 12.7 Å². The van der Waals surface area contributed by atoms with Crippen LogP contribution in [0.4, 0.5) is 0 Å². The molecular formula is C9H10BrClO3S. The van der Waals surface area contributed by atoms with Gasteiger partial charge in [-0.3, -0.25) is 0 Å². The van der Waals surface area contributed by atoms with Crippen molar-refractivity contribution in [3.05, 3.63) is 27.7 Å². The molecule has 0 aliphatic carbocycles. The van der Waals surface area contributed by atoms with Crippen molar-refractivity contribution in [3.8, 4) is 5.75 Å². The Kier molecular flexibility index (Phi) is 4.03. The summed E-state index contributed by atoms with van der Waals surface area (Å²) in [6.45, 7) is 1.89. The first kappa shape index (κ1) is 12.8. The van der Waals surface area contributed by atoms with Gasteiger partial charge in [0.2, 0.25) is 9.05 Å². The molecule has 6 heteroatoms. The second kappa shape index (κ2) is 4.72. The normalized spacial score (nSPS) is 11.5. The van der Waals surface area contributed by atoms with Crippen molar-refractivity contribution in [2.75, 3.05) is 7.11 Å². The number of benzene rings is 1. The number of methoxy groups -OCH3 is 1. The number of ether oxygens (including phenoxy) is 1. The van der Waals surface area contributed by atoms with E-state index in [9.17, 15) is 8.42 Å². The molecule has 0 aromatic heterocycles. The Labute approximate surface area is 102 Å². The van der Waals surface area contributed by atoms with Crippen molar-refractivity contribution in [3.63, 3.8) is 0 Å². The molecule has 0 fully saturated rings. The molecule has 0 bridgehead atoms. The molecule has 84 valence electrons. The number of rotatable bonds is 3. The fraction of sp³-hybridized carbons (Fsp3) is 0.333. The summed E-state index contributed by atoms with van der Waals surface area (Å²) in [5.74, 6) is 0.274. The van der Waals surface area contributed by atoms with Gasteiger partial charge in [0.25, 0.3) is 0 Å². The van der Waals surface area contributed by atoms with Crippen LogP contribution in [0.5, 0.6) is 5.75 Å². The van der Waals surface area contributed by atoms with Crippen molar-refractivity contribution < 1.29 is 13.2 Å². The maximum absolute atomic E-state index is 11.0. The lowest BCUT2D eigenvalue weighted by Crippen LogP contribution is -2.00. The third kappa shape index (κ3) is 3.36. The Morgan fingerprint density at radius 2 is 2.07 bits per heavy atom. The van der Waals surface area contributed by atoms with Crippen molar-refractivity contribution in [1.82, 2.24) is 0 Å². The fourth-order valence-electron chi connectivity index (χ4n) is 1.21. The van der Waals surface area contributed by atoms with Crippen LogP contribution in [0.3, 0.4) is 0 Å². The van der Waals surface area contributed by atoms with Crippen LogP contribution in [0.25, 0.3) is 0 Å². The molecule has 1 rings (SSSR count). The summed E-state index contributed by atoms with van der Waals surface area (Å²) < 4.78 is 27.8. The van der Waals surface area contributed by atoms with Crippen LogP contribution >= 0.6 is 26.6 Å². The first-order chi connectivity index (χ1) is 6.85. The number of aryl methyl sites for hydroxylation is 1. The van der Waals surface area contributed by atoms with Gasteiger partial charge in [-0.25, -0.2) is 8.42 Å². The van der Waals surface area contributed by atoms with Gasteiger partial charge in [-0.1, -0.05) is 12.1 Å². The molecule has 3 nitrogen and oxygen atoms in total. The van der Waals surface area contributed by atoms with E-state index in [-0.39, 0.29) is 5.75 Å². The Morgan fingerprint density at radius 3 is 2.53 bits per heavy atom. The van der Waals surface area contributed by atoms with Crippen LogP contribution in [0, 0.1) is 6.92 Å². The van der Waals surface area contributed by atoms with E-state index < -0.39 is 9.05 Å². The fourth-order valence-corrected chi connectivity index (χ4v) is 2.71. The van der Waals surface area contributed by atoms with E-state index in [0.29, 0.717) is 11.3 Å². The van der Waals surface area contributed by atoms with E-state index in [1.165, 1.54) is 7.11 Å². The Balaban J connectivity index is 3.25. The average molecular weight is 314 g/mol. The third-order valence-corrected chi connectivity index (χ3v) is 3.87. The monoisotopic (exact) mass is 312 g/mol. The van der Waals surface area contributed by atoms with E-state index >= 15 is 0 Å². The summed E-state index contributed by atoms with van der Waals surface area (Å²) in [5, 5.41) is 0. The molecule has 0 aliphatic heterocycles. The summed E-state index contributed by atoms with van der Waals surface area (Å²) in [4.78, 5) is 0. The third-order valence-electron chi connectivity index (χ3n) is 1.90. The molecule has 1 aromatic rings. The van der Waals surface area contributed by atoms with Crippen LogP contribution in [0.15, 0.2) is 16.6 Å². The van der Waals surface area contributed by atoms with E-state index in [1.54, 1.807) is 6.07 Å². The summed E-state index contributed by atoms with van der Waals surface area (Å²) in [5.41, 5.74) is 1.52. The van der Waals surface area contributed by atoms with Crippen molar-refractivity contribution >= 4 is 35.7 Å². The van der Waals surface area contributed by atoms with E-state index in [1.807, 2.05) is 13.0 Å². The van der Waals surface area contributed by atoms with Gasteiger partial charge in [0.05, 0.1) is 17.3 Å². The highest BCUT2D eigenvalue weighted by molar-refractivity contribution is 9.10. The largest absolute Gasteiger partial charge is 0.495 e. The van der Waals surface area contributed by atoms with Gasteiger partial charge in [-0.2, -0.15) is 0 Å².